The van der Waals surface area contributed by atoms with Gasteiger partial charge in [-0.1, -0.05) is 0 Å². The average Bonchev–Trinajstić information content (AvgIpc) is 2.76. The Labute approximate surface area is 105 Å². The summed E-state index contributed by atoms with van der Waals surface area (Å²) in [6.07, 6.45) is 3.51. The minimum Gasteiger partial charge on any atom is -0.338 e. The molecule has 1 aromatic heterocycles. The highest BCUT2D eigenvalue weighted by Crippen LogP contribution is 2.24. The van der Waals surface area contributed by atoms with Crippen molar-refractivity contribution in [2.75, 3.05) is 12.4 Å². The molecular formula is C12H16ClNOS. The van der Waals surface area contributed by atoms with Gasteiger partial charge in [0.2, 0.25) is 5.91 Å². The van der Waals surface area contributed by atoms with E-state index in [9.17, 15) is 4.79 Å². The minimum absolute atomic E-state index is 0.280. The van der Waals surface area contributed by atoms with Gasteiger partial charge in [0.25, 0.3) is 0 Å². The smallest absolute Gasteiger partial charge is 0.222 e. The van der Waals surface area contributed by atoms with Gasteiger partial charge in [-0.05, 0) is 36.3 Å². The van der Waals surface area contributed by atoms with E-state index in [0.717, 1.165) is 32.4 Å². The number of rotatable bonds is 4. The number of alkyl halides is 1. The predicted molar refractivity (Wildman–Crippen MR) is 68.0 cm³/mol. The number of fused-ring (bicyclic) bond motifs is 1. The first-order chi connectivity index (χ1) is 7.81. The van der Waals surface area contributed by atoms with Crippen LogP contribution in [-0.2, 0) is 17.8 Å². The van der Waals surface area contributed by atoms with E-state index in [2.05, 4.69) is 11.4 Å². The van der Waals surface area contributed by atoms with Crippen LogP contribution in [0.2, 0.25) is 0 Å². The third-order valence-electron chi connectivity index (χ3n) is 2.93. The fourth-order valence-electron chi connectivity index (χ4n) is 1.99. The molecule has 88 valence electrons. The van der Waals surface area contributed by atoms with Gasteiger partial charge in [-0.2, -0.15) is 0 Å². The summed E-state index contributed by atoms with van der Waals surface area (Å²) in [6, 6.07) is 2.14. The summed E-state index contributed by atoms with van der Waals surface area (Å²) in [7, 11) is 0. The van der Waals surface area contributed by atoms with Crippen LogP contribution in [0.5, 0.6) is 0 Å². The Morgan fingerprint density at radius 1 is 1.50 bits per heavy atom. The second-order valence-corrected chi connectivity index (χ2v) is 5.46. The molecule has 0 N–H and O–H groups in total. The molecule has 2 rings (SSSR count). The Bertz CT molecular complexity index is 364. The van der Waals surface area contributed by atoms with E-state index in [0.29, 0.717) is 12.3 Å². The third kappa shape index (κ3) is 2.77. The standard InChI is InChI=1S/C12H16ClNOS/c13-6-2-1-3-12(15)14-7-4-11-10(9-14)5-8-16-11/h5,8H,1-4,6-7,9H2. The van der Waals surface area contributed by atoms with Gasteiger partial charge in [0, 0.05) is 30.3 Å². The molecule has 0 unspecified atom stereocenters. The van der Waals surface area contributed by atoms with Crippen LogP contribution < -0.4 is 0 Å². The van der Waals surface area contributed by atoms with Gasteiger partial charge in [0.15, 0.2) is 0 Å². The monoisotopic (exact) mass is 257 g/mol. The van der Waals surface area contributed by atoms with Crippen molar-refractivity contribution < 1.29 is 4.79 Å². The zero-order valence-electron chi connectivity index (χ0n) is 9.25. The summed E-state index contributed by atoms with van der Waals surface area (Å²) >= 11 is 7.40. The number of carbonyl (C=O) groups excluding carboxylic acids is 1. The van der Waals surface area contributed by atoms with Crippen molar-refractivity contribution in [1.29, 1.82) is 0 Å². The molecular weight excluding hydrogens is 242 g/mol. The zero-order valence-corrected chi connectivity index (χ0v) is 10.8. The van der Waals surface area contributed by atoms with Gasteiger partial charge < -0.3 is 4.90 Å². The quantitative estimate of drug-likeness (QED) is 0.600. The van der Waals surface area contributed by atoms with Crippen LogP contribution in [0.15, 0.2) is 11.4 Å². The van der Waals surface area contributed by atoms with Crippen molar-refractivity contribution in [2.45, 2.75) is 32.2 Å². The Kier molecular flexibility index (Phi) is 4.24. The fourth-order valence-corrected chi connectivity index (χ4v) is 3.07. The lowest BCUT2D eigenvalue weighted by molar-refractivity contribution is -0.132. The molecule has 0 aliphatic carbocycles. The number of thiophene rings is 1. The van der Waals surface area contributed by atoms with Crippen molar-refractivity contribution in [1.82, 2.24) is 4.90 Å². The number of carbonyl (C=O) groups is 1. The van der Waals surface area contributed by atoms with Gasteiger partial charge in [-0.25, -0.2) is 0 Å². The maximum Gasteiger partial charge on any atom is 0.222 e. The lowest BCUT2D eigenvalue weighted by atomic mass is 10.1. The van der Waals surface area contributed by atoms with E-state index < -0.39 is 0 Å². The van der Waals surface area contributed by atoms with Crippen LogP contribution in [0.1, 0.15) is 29.7 Å². The van der Waals surface area contributed by atoms with Gasteiger partial charge in [0.05, 0.1) is 0 Å². The van der Waals surface area contributed by atoms with Crippen LogP contribution in [-0.4, -0.2) is 23.2 Å². The molecule has 0 radical (unpaired) electrons. The summed E-state index contributed by atoms with van der Waals surface area (Å²) in [6.45, 7) is 1.69. The fraction of sp³-hybridized carbons (Fsp3) is 0.583. The molecule has 1 aliphatic rings. The SMILES string of the molecule is O=C(CCCCCl)N1CCc2sccc2C1. The van der Waals surface area contributed by atoms with Crippen LogP contribution in [0.3, 0.4) is 0 Å². The minimum atomic E-state index is 0.280. The van der Waals surface area contributed by atoms with E-state index in [1.807, 2.05) is 4.90 Å². The first-order valence-corrected chi connectivity index (χ1v) is 7.11. The Balaban J connectivity index is 1.86. The molecule has 4 heteroatoms. The number of unbranched alkanes of at least 4 members (excludes halogenated alkanes) is 1. The van der Waals surface area contributed by atoms with Crippen molar-refractivity contribution >= 4 is 28.8 Å². The normalized spacial score (nSPS) is 14.9. The second kappa shape index (κ2) is 5.69. The first-order valence-electron chi connectivity index (χ1n) is 5.70. The van der Waals surface area contributed by atoms with E-state index in [1.165, 1.54) is 10.4 Å². The van der Waals surface area contributed by atoms with Crippen LogP contribution in [0, 0.1) is 0 Å². The van der Waals surface area contributed by atoms with Gasteiger partial charge in [-0.3, -0.25) is 4.79 Å². The number of hydrogen-bond donors (Lipinski definition) is 0. The molecule has 0 aromatic carbocycles. The Morgan fingerprint density at radius 3 is 3.19 bits per heavy atom. The molecule has 16 heavy (non-hydrogen) atoms. The number of amides is 1. The Morgan fingerprint density at radius 2 is 2.38 bits per heavy atom. The lowest BCUT2D eigenvalue weighted by Crippen LogP contribution is -2.35. The molecule has 0 atom stereocenters. The molecule has 2 heterocycles. The molecule has 1 aliphatic heterocycles. The molecule has 2 nitrogen and oxygen atoms in total. The highest BCUT2D eigenvalue weighted by Gasteiger charge is 2.20. The largest absolute Gasteiger partial charge is 0.338 e. The molecule has 0 saturated carbocycles. The second-order valence-electron chi connectivity index (χ2n) is 4.08. The molecule has 1 amide bonds. The first kappa shape index (κ1) is 11.9. The van der Waals surface area contributed by atoms with Crippen molar-refractivity contribution in [3.05, 3.63) is 21.9 Å². The lowest BCUT2D eigenvalue weighted by Gasteiger charge is -2.27. The molecule has 0 saturated heterocycles. The van der Waals surface area contributed by atoms with Gasteiger partial charge in [0.1, 0.15) is 0 Å². The highest BCUT2D eigenvalue weighted by atomic mass is 35.5. The van der Waals surface area contributed by atoms with E-state index in [-0.39, 0.29) is 5.91 Å². The summed E-state index contributed by atoms with van der Waals surface area (Å²) in [5, 5.41) is 2.12. The van der Waals surface area contributed by atoms with Gasteiger partial charge in [-0.15, -0.1) is 22.9 Å². The maximum atomic E-state index is 11.9. The summed E-state index contributed by atoms with van der Waals surface area (Å²) in [4.78, 5) is 15.3. The maximum absolute atomic E-state index is 11.9. The number of nitrogens with zero attached hydrogens (tertiary/aromatic N) is 1. The summed E-state index contributed by atoms with van der Waals surface area (Å²) in [5.41, 5.74) is 1.34. The highest BCUT2D eigenvalue weighted by molar-refractivity contribution is 7.10. The predicted octanol–water partition coefficient (Wildman–Crippen LogP) is 3.04. The van der Waals surface area contributed by atoms with Crippen LogP contribution in [0.25, 0.3) is 0 Å². The van der Waals surface area contributed by atoms with Crippen molar-refractivity contribution in [3.63, 3.8) is 0 Å². The van der Waals surface area contributed by atoms with E-state index in [4.69, 9.17) is 11.6 Å². The zero-order chi connectivity index (χ0) is 11.4. The Hall–Kier alpha value is -0.540. The average molecular weight is 258 g/mol. The topological polar surface area (TPSA) is 20.3 Å². The summed E-state index contributed by atoms with van der Waals surface area (Å²) < 4.78 is 0. The summed E-state index contributed by atoms with van der Waals surface area (Å²) in [5.74, 6) is 0.934. The number of hydrogen-bond acceptors (Lipinski definition) is 2. The molecule has 0 fully saturated rings. The molecule has 0 spiro atoms. The molecule has 0 bridgehead atoms. The number of halogens is 1. The van der Waals surface area contributed by atoms with Crippen molar-refractivity contribution in [3.8, 4) is 0 Å². The van der Waals surface area contributed by atoms with Crippen molar-refractivity contribution in [2.24, 2.45) is 0 Å². The van der Waals surface area contributed by atoms with Gasteiger partial charge >= 0.3 is 0 Å². The van der Waals surface area contributed by atoms with E-state index >= 15 is 0 Å². The van der Waals surface area contributed by atoms with Crippen LogP contribution in [0.4, 0.5) is 0 Å². The van der Waals surface area contributed by atoms with Crippen LogP contribution >= 0.6 is 22.9 Å². The third-order valence-corrected chi connectivity index (χ3v) is 4.22. The van der Waals surface area contributed by atoms with E-state index in [1.54, 1.807) is 11.3 Å². The molecule has 1 aromatic rings.